The average Bonchev–Trinajstić information content (AvgIpc) is 3.24. The van der Waals surface area contributed by atoms with E-state index in [9.17, 15) is 4.79 Å². The smallest absolute Gasteiger partial charge is 0.273 e. The lowest BCUT2D eigenvalue weighted by Crippen LogP contribution is -2.44. The number of rotatable bonds is 5. The van der Waals surface area contributed by atoms with Gasteiger partial charge >= 0.3 is 0 Å². The third-order valence-electron chi connectivity index (χ3n) is 5.11. The molecule has 29 heavy (non-hydrogen) atoms. The minimum atomic E-state index is -0.258. The molecule has 4 rings (SSSR count). The van der Waals surface area contributed by atoms with E-state index in [-0.39, 0.29) is 11.6 Å². The first-order valence-electron chi connectivity index (χ1n) is 9.74. The number of benzene rings is 1. The number of nitrogens with zero attached hydrogens (tertiary/aromatic N) is 6. The first-order chi connectivity index (χ1) is 14.1. The predicted molar refractivity (Wildman–Crippen MR) is 111 cm³/mol. The topological polar surface area (TPSA) is 79.2 Å². The van der Waals surface area contributed by atoms with Gasteiger partial charge in [0.2, 0.25) is 0 Å². The largest absolute Gasteiger partial charge is 0.354 e. The van der Waals surface area contributed by atoms with E-state index in [2.05, 4.69) is 37.5 Å². The summed E-state index contributed by atoms with van der Waals surface area (Å²) >= 11 is 0. The number of carbonyl (C=O) groups excluding carboxylic acids is 1. The molecule has 0 atom stereocenters. The Labute approximate surface area is 170 Å². The Bertz CT molecular complexity index is 957. The molecule has 3 aromatic rings. The highest BCUT2D eigenvalue weighted by Crippen LogP contribution is 2.14. The van der Waals surface area contributed by atoms with Gasteiger partial charge < -0.3 is 15.1 Å². The molecule has 8 heteroatoms. The average molecular weight is 391 g/mol. The van der Waals surface area contributed by atoms with E-state index in [0.29, 0.717) is 6.54 Å². The minimum Gasteiger partial charge on any atom is -0.354 e. The van der Waals surface area contributed by atoms with E-state index in [0.717, 1.165) is 43.2 Å². The highest BCUT2D eigenvalue weighted by atomic mass is 16.2. The molecule has 0 unspecified atom stereocenters. The van der Waals surface area contributed by atoms with Gasteiger partial charge in [0.05, 0.1) is 11.9 Å². The molecule has 0 aliphatic carbocycles. The Morgan fingerprint density at radius 3 is 2.52 bits per heavy atom. The van der Waals surface area contributed by atoms with Gasteiger partial charge in [0.15, 0.2) is 5.69 Å². The number of aromatic nitrogens is 4. The molecule has 3 heterocycles. The van der Waals surface area contributed by atoms with Crippen molar-refractivity contribution in [2.75, 3.05) is 38.1 Å². The van der Waals surface area contributed by atoms with Crippen LogP contribution in [0.1, 0.15) is 21.6 Å². The zero-order valence-electron chi connectivity index (χ0n) is 16.7. The quantitative estimate of drug-likeness (QED) is 0.713. The summed E-state index contributed by atoms with van der Waals surface area (Å²) in [6, 6.07) is 11.9. The van der Waals surface area contributed by atoms with Crippen molar-refractivity contribution >= 4 is 11.7 Å². The van der Waals surface area contributed by atoms with Gasteiger partial charge in [-0.3, -0.25) is 4.79 Å². The molecule has 2 aromatic heterocycles. The van der Waals surface area contributed by atoms with Crippen molar-refractivity contribution in [2.24, 2.45) is 0 Å². The Morgan fingerprint density at radius 2 is 1.83 bits per heavy atom. The number of hydrogen-bond acceptors (Lipinski definition) is 6. The third kappa shape index (κ3) is 4.60. The summed E-state index contributed by atoms with van der Waals surface area (Å²) in [5, 5.41) is 10.9. The minimum absolute atomic E-state index is 0.258. The number of amides is 1. The van der Waals surface area contributed by atoms with Crippen LogP contribution in [0.15, 0.2) is 48.8 Å². The number of nitrogens with one attached hydrogen (secondary N) is 1. The number of carbonyl (C=O) groups is 1. The molecule has 0 radical (unpaired) electrons. The van der Waals surface area contributed by atoms with E-state index in [1.54, 1.807) is 10.9 Å². The van der Waals surface area contributed by atoms with Gasteiger partial charge in [-0.15, -0.1) is 5.10 Å². The number of piperazine rings is 1. The molecule has 1 aromatic carbocycles. The summed E-state index contributed by atoms with van der Waals surface area (Å²) in [6.45, 7) is 6.47. The molecule has 1 amide bonds. The van der Waals surface area contributed by atoms with E-state index >= 15 is 0 Å². The molecule has 0 spiro atoms. The fourth-order valence-corrected chi connectivity index (χ4v) is 3.21. The maximum absolute atomic E-state index is 12.4. The summed E-state index contributed by atoms with van der Waals surface area (Å²) in [5.74, 6) is 0.723. The molecule has 1 saturated heterocycles. The second kappa shape index (κ2) is 8.40. The number of anilines is 1. The van der Waals surface area contributed by atoms with Gasteiger partial charge in [-0.05, 0) is 37.7 Å². The molecule has 1 N–H and O–H groups in total. The molecule has 1 aliphatic rings. The van der Waals surface area contributed by atoms with E-state index in [1.807, 2.05) is 49.5 Å². The molecular formula is C21H25N7O. The van der Waals surface area contributed by atoms with E-state index in [4.69, 9.17) is 0 Å². The Kier molecular flexibility index (Phi) is 5.53. The van der Waals surface area contributed by atoms with Crippen LogP contribution in [0.2, 0.25) is 0 Å². The van der Waals surface area contributed by atoms with Crippen molar-refractivity contribution in [3.05, 3.63) is 65.6 Å². The third-order valence-corrected chi connectivity index (χ3v) is 5.11. The molecule has 0 bridgehead atoms. The molecule has 150 valence electrons. The fraction of sp³-hybridized carbons (Fsp3) is 0.333. The lowest BCUT2D eigenvalue weighted by atomic mass is 10.2. The zero-order chi connectivity index (χ0) is 20.2. The molecule has 0 saturated carbocycles. The molecule has 8 nitrogen and oxygen atoms in total. The molecule has 1 fully saturated rings. The van der Waals surface area contributed by atoms with Gasteiger partial charge in [0, 0.05) is 38.9 Å². The van der Waals surface area contributed by atoms with Crippen LogP contribution in [-0.2, 0) is 6.54 Å². The Balaban J connectivity index is 1.33. The van der Waals surface area contributed by atoms with Crippen molar-refractivity contribution in [1.29, 1.82) is 0 Å². The normalized spacial score (nSPS) is 14.8. The van der Waals surface area contributed by atoms with Gasteiger partial charge in [-0.1, -0.05) is 29.0 Å². The summed E-state index contributed by atoms with van der Waals surface area (Å²) in [5.41, 5.74) is 3.26. The Hall–Kier alpha value is -3.26. The predicted octanol–water partition coefficient (Wildman–Crippen LogP) is 1.65. The van der Waals surface area contributed by atoms with Crippen molar-refractivity contribution in [2.45, 2.75) is 13.5 Å². The second-order valence-corrected chi connectivity index (χ2v) is 7.38. The van der Waals surface area contributed by atoms with Gasteiger partial charge in [0.25, 0.3) is 5.91 Å². The number of pyridine rings is 1. The fourth-order valence-electron chi connectivity index (χ4n) is 3.21. The second-order valence-electron chi connectivity index (χ2n) is 7.38. The van der Waals surface area contributed by atoms with Crippen molar-refractivity contribution < 1.29 is 4.79 Å². The van der Waals surface area contributed by atoms with Crippen LogP contribution < -0.4 is 10.2 Å². The van der Waals surface area contributed by atoms with Crippen LogP contribution in [0.25, 0.3) is 5.69 Å². The first-order valence-corrected chi connectivity index (χ1v) is 9.74. The SMILES string of the molecule is Cc1ccc(-n2cc(C(=O)NCc3ccc(N4CCN(C)CC4)nc3)nn2)cc1. The first kappa shape index (κ1) is 19.1. The summed E-state index contributed by atoms with van der Waals surface area (Å²) in [7, 11) is 2.13. The van der Waals surface area contributed by atoms with Crippen LogP contribution in [0.3, 0.4) is 0 Å². The van der Waals surface area contributed by atoms with Crippen LogP contribution in [0.5, 0.6) is 0 Å². The van der Waals surface area contributed by atoms with Crippen LogP contribution in [0, 0.1) is 6.92 Å². The van der Waals surface area contributed by atoms with Crippen LogP contribution in [-0.4, -0.2) is 64.0 Å². The van der Waals surface area contributed by atoms with Crippen LogP contribution in [0.4, 0.5) is 5.82 Å². The van der Waals surface area contributed by atoms with E-state index in [1.165, 1.54) is 5.56 Å². The highest BCUT2D eigenvalue weighted by molar-refractivity contribution is 5.91. The molecule has 1 aliphatic heterocycles. The van der Waals surface area contributed by atoms with Gasteiger partial charge in [0.1, 0.15) is 5.82 Å². The molecular weight excluding hydrogens is 366 g/mol. The van der Waals surface area contributed by atoms with E-state index < -0.39 is 0 Å². The monoisotopic (exact) mass is 391 g/mol. The number of aryl methyl sites for hydroxylation is 1. The maximum Gasteiger partial charge on any atom is 0.273 e. The standard InChI is InChI=1S/C21H25N7O/c1-16-3-6-18(7-4-16)28-15-19(24-25-28)21(29)23-14-17-5-8-20(22-13-17)27-11-9-26(2)10-12-27/h3-8,13,15H,9-12,14H2,1-2H3,(H,23,29). The van der Waals surface area contributed by atoms with Gasteiger partial charge in [-0.25, -0.2) is 9.67 Å². The highest BCUT2D eigenvalue weighted by Gasteiger charge is 2.15. The Morgan fingerprint density at radius 1 is 1.07 bits per heavy atom. The van der Waals surface area contributed by atoms with Crippen molar-refractivity contribution in [3.8, 4) is 5.69 Å². The van der Waals surface area contributed by atoms with Crippen LogP contribution >= 0.6 is 0 Å². The van der Waals surface area contributed by atoms with Crippen molar-refractivity contribution in [1.82, 2.24) is 30.2 Å². The summed E-state index contributed by atoms with van der Waals surface area (Å²) < 4.78 is 1.60. The summed E-state index contributed by atoms with van der Waals surface area (Å²) in [4.78, 5) is 21.6. The number of hydrogen-bond donors (Lipinski definition) is 1. The lowest BCUT2D eigenvalue weighted by Gasteiger charge is -2.33. The zero-order valence-corrected chi connectivity index (χ0v) is 16.7. The maximum atomic E-state index is 12.4. The summed E-state index contributed by atoms with van der Waals surface area (Å²) in [6.07, 6.45) is 3.45. The van der Waals surface area contributed by atoms with Gasteiger partial charge in [-0.2, -0.15) is 0 Å². The van der Waals surface area contributed by atoms with Crippen molar-refractivity contribution in [3.63, 3.8) is 0 Å². The number of likely N-dealkylation sites (N-methyl/N-ethyl adjacent to an activating group) is 1. The lowest BCUT2D eigenvalue weighted by molar-refractivity contribution is 0.0946.